The van der Waals surface area contributed by atoms with Gasteiger partial charge in [-0.05, 0) is 97.1 Å². The van der Waals surface area contributed by atoms with Gasteiger partial charge in [-0.25, -0.2) is 0 Å². The monoisotopic (exact) mass is 815 g/mol. The van der Waals surface area contributed by atoms with E-state index in [0.717, 1.165) is 9.48 Å². The van der Waals surface area contributed by atoms with Crippen molar-refractivity contribution in [3.63, 3.8) is 0 Å². The van der Waals surface area contributed by atoms with Crippen LogP contribution in [0, 0.1) is 23.7 Å². The Labute approximate surface area is 323 Å². The van der Waals surface area contributed by atoms with Gasteiger partial charge in [0, 0.05) is 21.0 Å². The fourth-order valence-corrected chi connectivity index (χ4v) is 9.64. The number of carbonyl (C=O) groups excluding carboxylic acids is 4. The van der Waals surface area contributed by atoms with Crippen molar-refractivity contribution in [1.82, 2.24) is 5.01 Å². The number of anilines is 2. The van der Waals surface area contributed by atoms with Crippen molar-refractivity contribution < 1.29 is 33.8 Å². The van der Waals surface area contributed by atoms with Crippen LogP contribution in [0.1, 0.15) is 29.9 Å². The maximum absolute atomic E-state index is 15.4. The molecule has 2 saturated heterocycles. The second-order valence-corrected chi connectivity index (χ2v) is 15.4. The van der Waals surface area contributed by atoms with Crippen molar-refractivity contribution in [2.75, 3.05) is 24.5 Å². The number of ether oxygens (including phenoxy) is 2. The third-order valence-electron chi connectivity index (χ3n) is 11.2. The Morgan fingerprint density at radius 2 is 1.53 bits per heavy atom. The average molecular weight is 818 g/mol. The largest absolute Gasteiger partial charge is 0.508 e. The van der Waals surface area contributed by atoms with Crippen LogP contribution < -0.4 is 19.8 Å². The van der Waals surface area contributed by atoms with E-state index in [0.29, 0.717) is 38.9 Å². The Balaban J connectivity index is 1.35. The van der Waals surface area contributed by atoms with Crippen LogP contribution >= 0.6 is 39.1 Å². The van der Waals surface area contributed by atoms with E-state index in [1.165, 1.54) is 31.3 Å². The standard InChI is InChI=1S/C40H32BrCl2N3O7/c1-52-24-10-3-20(4-11-24)40-30(37(49)46(39(40)51)44-32-15-7-22(42)17-31(32)43)19-28-26(35(40)29-18-25(53-2)12-16-33(29)47)13-14-27-34(28)38(50)45(36(27)48)23-8-5-21(41)6-9-23/h3-13,15-18,27-28,30,34-35,44,47H,14,19H2,1-2H3. The molecule has 0 aromatic heterocycles. The molecule has 2 aliphatic heterocycles. The third-order valence-corrected chi connectivity index (χ3v) is 12.3. The summed E-state index contributed by atoms with van der Waals surface area (Å²) in [5, 5.41) is 13.2. The zero-order valence-electron chi connectivity index (χ0n) is 28.4. The third kappa shape index (κ3) is 5.34. The van der Waals surface area contributed by atoms with Crippen LogP contribution in [-0.4, -0.2) is 48.0 Å². The molecule has 0 spiro atoms. The number of phenolic OH excluding ortho intramolecular Hbond substituents is 1. The van der Waals surface area contributed by atoms with Crippen molar-refractivity contribution >= 4 is 74.1 Å². The molecular weight excluding hydrogens is 785 g/mol. The van der Waals surface area contributed by atoms with Crippen LogP contribution in [-0.2, 0) is 24.6 Å². The topological polar surface area (TPSA) is 125 Å². The minimum atomic E-state index is -1.63. The van der Waals surface area contributed by atoms with E-state index in [2.05, 4.69) is 21.4 Å². The molecule has 4 aromatic carbocycles. The smallest absolute Gasteiger partial charge is 0.260 e. The fraction of sp³-hybridized carbons (Fsp3) is 0.250. The Bertz CT molecular complexity index is 2230. The first kappa shape index (κ1) is 35.2. The van der Waals surface area contributed by atoms with Gasteiger partial charge in [-0.2, -0.15) is 5.01 Å². The van der Waals surface area contributed by atoms with Gasteiger partial charge in [0.05, 0.1) is 53.8 Å². The second kappa shape index (κ2) is 13.2. The Morgan fingerprint density at radius 3 is 2.21 bits per heavy atom. The number of amides is 4. The van der Waals surface area contributed by atoms with Gasteiger partial charge in [-0.3, -0.25) is 29.5 Å². The summed E-state index contributed by atoms with van der Waals surface area (Å²) in [6, 6.07) is 23.3. The molecule has 6 unspecified atom stereocenters. The molecule has 53 heavy (non-hydrogen) atoms. The first-order valence-electron chi connectivity index (χ1n) is 16.9. The van der Waals surface area contributed by atoms with Crippen molar-refractivity contribution in [2.45, 2.75) is 24.2 Å². The minimum absolute atomic E-state index is 0.0740. The molecular formula is C40H32BrCl2N3O7. The number of benzene rings is 4. The van der Waals surface area contributed by atoms with Gasteiger partial charge in [-0.15, -0.1) is 0 Å². The van der Waals surface area contributed by atoms with E-state index in [1.54, 1.807) is 72.8 Å². The van der Waals surface area contributed by atoms with Gasteiger partial charge < -0.3 is 14.6 Å². The van der Waals surface area contributed by atoms with Gasteiger partial charge in [0.15, 0.2) is 0 Å². The van der Waals surface area contributed by atoms with E-state index >= 15 is 4.79 Å². The summed E-state index contributed by atoms with van der Waals surface area (Å²) in [5.41, 5.74) is 3.61. The fourth-order valence-electron chi connectivity index (χ4n) is 8.92. The summed E-state index contributed by atoms with van der Waals surface area (Å²) in [6.45, 7) is 0. The van der Waals surface area contributed by atoms with E-state index in [1.807, 2.05) is 6.08 Å². The molecule has 4 aromatic rings. The summed E-state index contributed by atoms with van der Waals surface area (Å²) in [4.78, 5) is 60.1. The number of nitrogens with zero attached hydrogens (tertiary/aromatic N) is 2. The lowest BCUT2D eigenvalue weighted by molar-refractivity contribution is -0.138. The van der Waals surface area contributed by atoms with Crippen LogP contribution in [0.15, 0.2) is 101 Å². The Kier molecular flexibility index (Phi) is 8.79. The van der Waals surface area contributed by atoms with Crippen LogP contribution in [0.4, 0.5) is 11.4 Å². The van der Waals surface area contributed by atoms with Crippen molar-refractivity contribution in [3.8, 4) is 17.2 Å². The van der Waals surface area contributed by atoms with Crippen molar-refractivity contribution in [2.24, 2.45) is 23.7 Å². The normalized spacial score (nSPS) is 26.2. The summed E-state index contributed by atoms with van der Waals surface area (Å²) < 4.78 is 11.9. The number of hydrogen-bond donors (Lipinski definition) is 2. The molecule has 270 valence electrons. The zero-order valence-corrected chi connectivity index (χ0v) is 31.5. The quantitative estimate of drug-likeness (QED) is 0.144. The lowest BCUT2D eigenvalue weighted by Gasteiger charge is -2.50. The lowest BCUT2D eigenvalue weighted by Crippen LogP contribution is -2.53. The van der Waals surface area contributed by atoms with Crippen molar-refractivity contribution in [3.05, 3.63) is 122 Å². The molecule has 2 aliphatic carbocycles. The predicted molar refractivity (Wildman–Crippen MR) is 202 cm³/mol. The van der Waals surface area contributed by atoms with E-state index in [-0.39, 0.29) is 41.1 Å². The Morgan fingerprint density at radius 1 is 0.830 bits per heavy atom. The molecule has 4 aliphatic rings. The SMILES string of the molecule is COc1ccc(C23C(=O)N(Nc4ccc(Cl)cc4Cl)C(=O)C2CC2C(=CCC4C(=O)N(c5ccc(Br)cc5)C(=O)C42)C3c2cc(OC)ccc2O)cc1. The zero-order chi connectivity index (χ0) is 37.3. The number of rotatable bonds is 7. The van der Waals surface area contributed by atoms with Crippen LogP contribution in [0.2, 0.25) is 10.0 Å². The molecule has 0 radical (unpaired) electrons. The Hall–Kier alpha value is -4.84. The molecule has 2 heterocycles. The number of methoxy groups -OCH3 is 2. The predicted octanol–water partition coefficient (Wildman–Crippen LogP) is 7.67. The highest BCUT2D eigenvalue weighted by Gasteiger charge is 2.70. The second-order valence-electron chi connectivity index (χ2n) is 13.6. The lowest BCUT2D eigenvalue weighted by atomic mass is 9.49. The number of imide groups is 2. The minimum Gasteiger partial charge on any atom is -0.508 e. The number of halogens is 3. The highest BCUT2D eigenvalue weighted by Crippen LogP contribution is 2.65. The number of nitrogens with one attached hydrogen (secondary N) is 1. The highest BCUT2D eigenvalue weighted by atomic mass is 79.9. The molecule has 0 bridgehead atoms. The molecule has 2 N–H and O–H groups in total. The van der Waals surface area contributed by atoms with Crippen LogP contribution in [0.5, 0.6) is 17.2 Å². The molecule has 8 rings (SSSR count). The van der Waals surface area contributed by atoms with Gasteiger partial charge in [0.1, 0.15) is 17.2 Å². The van der Waals surface area contributed by atoms with Crippen molar-refractivity contribution in [1.29, 1.82) is 0 Å². The molecule has 4 amide bonds. The van der Waals surface area contributed by atoms with Crippen LogP contribution in [0.25, 0.3) is 0 Å². The maximum Gasteiger partial charge on any atom is 0.260 e. The molecule has 3 fully saturated rings. The summed E-state index contributed by atoms with van der Waals surface area (Å²) in [7, 11) is 3.03. The van der Waals surface area contributed by atoms with Gasteiger partial charge in [-0.1, -0.05) is 62.9 Å². The van der Waals surface area contributed by atoms with Gasteiger partial charge >= 0.3 is 0 Å². The van der Waals surface area contributed by atoms with Gasteiger partial charge in [0.25, 0.3) is 11.8 Å². The van der Waals surface area contributed by atoms with Gasteiger partial charge in [0.2, 0.25) is 11.8 Å². The number of aromatic hydroxyl groups is 1. The van der Waals surface area contributed by atoms with E-state index < -0.39 is 46.8 Å². The first-order chi connectivity index (χ1) is 25.5. The maximum atomic E-state index is 15.4. The molecule has 6 atom stereocenters. The summed E-state index contributed by atoms with van der Waals surface area (Å²) >= 11 is 16.1. The number of carbonyl (C=O) groups is 4. The van der Waals surface area contributed by atoms with Crippen LogP contribution in [0.3, 0.4) is 0 Å². The number of hydrogen-bond acceptors (Lipinski definition) is 8. The molecule has 13 heteroatoms. The first-order valence-corrected chi connectivity index (χ1v) is 18.5. The number of phenols is 1. The molecule has 10 nitrogen and oxygen atoms in total. The van der Waals surface area contributed by atoms with E-state index in [9.17, 15) is 19.5 Å². The average Bonchev–Trinajstić information content (AvgIpc) is 3.54. The number of fused-ring (bicyclic) bond motifs is 4. The molecule has 1 saturated carbocycles. The number of hydrazine groups is 1. The van der Waals surface area contributed by atoms with E-state index in [4.69, 9.17) is 32.7 Å². The number of allylic oxidation sites excluding steroid dienone is 2. The highest BCUT2D eigenvalue weighted by molar-refractivity contribution is 9.10. The summed E-state index contributed by atoms with van der Waals surface area (Å²) in [5.74, 6) is -5.13. The summed E-state index contributed by atoms with van der Waals surface area (Å²) in [6.07, 6.45) is 2.23.